The van der Waals surface area contributed by atoms with Crippen molar-refractivity contribution in [1.29, 1.82) is 0 Å². The van der Waals surface area contributed by atoms with E-state index in [1.807, 2.05) is 24.3 Å². The number of likely N-dealkylation sites (N-methyl/N-ethyl adjacent to an activating group) is 1. The second-order valence-electron chi connectivity index (χ2n) is 8.26. The van der Waals surface area contributed by atoms with Gasteiger partial charge in [-0.2, -0.15) is 0 Å². The summed E-state index contributed by atoms with van der Waals surface area (Å²) >= 11 is 12.4. The molecule has 4 rings (SSSR count). The number of halogens is 2. The molecule has 2 aliphatic heterocycles. The second-order valence-corrected chi connectivity index (χ2v) is 9.07. The van der Waals surface area contributed by atoms with Gasteiger partial charge in [-0.05, 0) is 55.0 Å². The van der Waals surface area contributed by atoms with Crippen molar-refractivity contribution < 1.29 is 19.4 Å². The quantitative estimate of drug-likeness (QED) is 0.652. The van der Waals surface area contributed by atoms with Crippen LogP contribution in [0.1, 0.15) is 53.1 Å². The Balaban J connectivity index is 1.64. The van der Waals surface area contributed by atoms with Gasteiger partial charge in [-0.15, -0.1) is 0 Å². The molecule has 0 aliphatic carbocycles. The highest BCUT2D eigenvalue weighted by Gasteiger charge is 2.47. The lowest BCUT2D eigenvalue weighted by molar-refractivity contribution is -0.169. The number of aliphatic hydroxyl groups is 1. The Morgan fingerprint density at radius 1 is 1.23 bits per heavy atom. The number of carbonyl (C=O) groups excluding carboxylic acids is 1. The van der Waals surface area contributed by atoms with Crippen molar-refractivity contribution in [3.8, 4) is 0 Å². The molecule has 2 aromatic carbocycles. The summed E-state index contributed by atoms with van der Waals surface area (Å²) in [5, 5.41) is 12.8. The van der Waals surface area contributed by atoms with Crippen LogP contribution in [0.4, 0.5) is 0 Å². The molecule has 0 saturated carbocycles. The van der Waals surface area contributed by atoms with Gasteiger partial charge in [-0.25, -0.2) is 0 Å². The van der Waals surface area contributed by atoms with Crippen LogP contribution in [0.2, 0.25) is 10.0 Å². The molecule has 1 saturated heterocycles. The summed E-state index contributed by atoms with van der Waals surface area (Å²) in [4.78, 5) is 14.5. The van der Waals surface area contributed by atoms with Gasteiger partial charge in [-0.3, -0.25) is 4.79 Å². The molecule has 0 bridgehead atoms. The van der Waals surface area contributed by atoms with E-state index >= 15 is 0 Å². The zero-order chi connectivity index (χ0) is 22.0. The van der Waals surface area contributed by atoms with E-state index in [0.717, 1.165) is 30.4 Å². The summed E-state index contributed by atoms with van der Waals surface area (Å²) in [6.07, 6.45) is 3.60. The zero-order valence-electron chi connectivity index (χ0n) is 17.5. The van der Waals surface area contributed by atoms with Crippen LogP contribution >= 0.6 is 23.2 Å². The van der Waals surface area contributed by atoms with E-state index in [1.165, 1.54) is 4.90 Å². The monoisotopic (exact) mass is 463 g/mol. The smallest absolute Gasteiger partial charge is 0.256 e. The predicted molar refractivity (Wildman–Crippen MR) is 121 cm³/mol. The minimum Gasteiger partial charge on any atom is -0.370 e. The van der Waals surface area contributed by atoms with Gasteiger partial charge in [0.25, 0.3) is 5.91 Å². The molecule has 166 valence electrons. The van der Waals surface area contributed by atoms with Crippen molar-refractivity contribution in [2.24, 2.45) is 0 Å². The fourth-order valence-corrected chi connectivity index (χ4v) is 4.86. The number of amides is 1. The third kappa shape index (κ3) is 4.62. The first-order valence-corrected chi connectivity index (χ1v) is 11.4. The first-order valence-electron chi connectivity index (χ1n) is 10.7. The summed E-state index contributed by atoms with van der Waals surface area (Å²) in [7, 11) is 1.65. The highest BCUT2D eigenvalue weighted by molar-refractivity contribution is 6.42. The Kier molecular flexibility index (Phi) is 6.89. The Morgan fingerprint density at radius 2 is 2.03 bits per heavy atom. The van der Waals surface area contributed by atoms with Gasteiger partial charge in [0.1, 0.15) is 0 Å². The molecule has 3 atom stereocenters. The highest BCUT2D eigenvalue weighted by Crippen LogP contribution is 2.42. The number of hydrogen-bond donors (Lipinski definition) is 1. The zero-order valence-corrected chi connectivity index (χ0v) is 19.0. The van der Waals surface area contributed by atoms with E-state index in [0.29, 0.717) is 41.7 Å². The van der Waals surface area contributed by atoms with Crippen LogP contribution < -0.4 is 0 Å². The number of fused-ring (bicyclic) bond motifs is 1. The molecule has 1 amide bonds. The largest absolute Gasteiger partial charge is 0.370 e. The minimum absolute atomic E-state index is 0.203. The number of carbonyl (C=O) groups is 1. The molecule has 1 N–H and O–H groups in total. The van der Waals surface area contributed by atoms with E-state index in [-0.39, 0.29) is 12.2 Å². The molecule has 1 fully saturated rings. The van der Waals surface area contributed by atoms with Gasteiger partial charge >= 0.3 is 0 Å². The SMILES string of the molecule is CN1C(=O)c2ccccc2CC1(O)C(CCOC1CCCCO1)c1ccc(Cl)c(Cl)c1. The average Bonchev–Trinajstić information content (AvgIpc) is 2.78. The highest BCUT2D eigenvalue weighted by atomic mass is 35.5. The van der Waals surface area contributed by atoms with Crippen LogP contribution in [-0.2, 0) is 15.9 Å². The lowest BCUT2D eigenvalue weighted by Crippen LogP contribution is -2.58. The maximum atomic E-state index is 13.1. The van der Waals surface area contributed by atoms with Crippen LogP contribution in [0, 0.1) is 0 Å². The summed E-state index contributed by atoms with van der Waals surface area (Å²) in [5.74, 6) is -0.626. The number of ether oxygens (including phenoxy) is 2. The van der Waals surface area contributed by atoms with Gasteiger partial charge in [0.05, 0.1) is 16.7 Å². The molecule has 31 heavy (non-hydrogen) atoms. The van der Waals surface area contributed by atoms with Crippen molar-refractivity contribution in [3.05, 3.63) is 69.2 Å². The van der Waals surface area contributed by atoms with Gasteiger partial charge in [0.2, 0.25) is 0 Å². The van der Waals surface area contributed by atoms with Crippen LogP contribution in [0.3, 0.4) is 0 Å². The topological polar surface area (TPSA) is 59.0 Å². The normalized spacial score (nSPS) is 24.7. The van der Waals surface area contributed by atoms with Crippen LogP contribution in [0.15, 0.2) is 42.5 Å². The molecule has 7 heteroatoms. The molecule has 3 unspecified atom stereocenters. The molecule has 2 heterocycles. The molecule has 0 spiro atoms. The van der Waals surface area contributed by atoms with Crippen LogP contribution in [0.25, 0.3) is 0 Å². The van der Waals surface area contributed by atoms with E-state index in [1.54, 1.807) is 25.2 Å². The van der Waals surface area contributed by atoms with Crippen LogP contribution in [0.5, 0.6) is 0 Å². The van der Waals surface area contributed by atoms with E-state index in [9.17, 15) is 9.90 Å². The van der Waals surface area contributed by atoms with Crippen molar-refractivity contribution in [2.45, 2.75) is 50.0 Å². The molecule has 0 radical (unpaired) electrons. The van der Waals surface area contributed by atoms with Gasteiger partial charge < -0.3 is 19.5 Å². The second kappa shape index (κ2) is 9.47. The molecule has 0 aromatic heterocycles. The van der Waals surface area contributed by atoms with Crippen molar-refractivity contribution in [3.63, 3.8) is 0 Å². The Bertz CT molecular complexity index is 947. The maximum absolute atomic E-state index is 13.1. The molecule has 5 nitrogen and oxygen atoms in total. The van der Waals surface area contributed by atoms with Gasteiger partial charge in [-0.1, -0.05) is 47.5 Å². The number of rotatable bonds is 6. The molecule has 2 aliphatic rings. The fraction of sp³-hybridized carbons (Fsp3) is 0.458. The molecular weight excluding hydrogens is 437 g/mol. The third-order valence-electron chi connectivity index (χ3n) is 6.34. The standard InChI is InChI=1S/C24H27Cl2NO4/c1-27-23(28)18-7-3-2-6-17(18)15-24(27,29)19(16-9-10-20(25)21(26)14-16)11-13-31-22-8-4-5-12-30-22/h2-3,6-7,9-10,14,19,22,29H,4-5,8,11-13,15H2,1H3. The van der Waals surface area contributed by atoms with Crippen molar-refractivity contribution in [1.82, 2.24) is 4.90 Å². The summed E-state index contributed by atoms with van der Waals surface area (Å²) < 4.78 is 11.6. The van der Waals surface area contributed by atoms with Crippen molar-refractivity contribution in [2.75, 3.05) is 20.3 Å². The molecular formula is C24H27Cl2NO4. The fourth-order valence-electron chi connectivity index (χ4n) is 4.55. The Morgan fingerprint density at radius 3 is 2.77 bits per heavy atom. The Hall–Kier alpha value is -1.63. The van der Waals surface area contributed by atoms with Gasteiger partial charge in [0.15, 0.2) is 12.0 Å². The van der Waals surface area contributed by atoms with E-state index < -0.39 is 11.6 Å². The van der Waals surface area contributed by atoms with Gasteiger partial charge in [0, 0.05) is 31.6 Å². The lowest BCUT2D eigenvalue weighted by Gasteiger charge is -2.46. The number of benzene rings is 2. The first-order chi connectivity index (χ1) is 14.9. The third-order valence-corrected chi connectivity index (χ3v) is 7.08. The van der Waals surface area contributed by atoms with Crippen molar-refractivity contribution >= 4 is 29.1 Å². The maximum Gasteiger partial charge on any atom is 0.256 e. The van der Waals surface area contributed by atoms with E-state index in [2.05, 4.69) is 0 Å². The number of nitrogens with zero attached hydrogens (tertiary/aromatic N) is 1. The molecule has 2 aromatic rings. The predicted octanol–water partition coefficient (Wildman–Crippen LogP) is 5.03. The summed E-state index contributed by atoms with van der Waals surface area (Å²) in [5.41, 5.74) is 0.826. The van der Waals surface area contributed by atoms with Crippen LogP contribution in [-0.4, -0.2) is 48.2 Å². The van der Waals surface area contributed by atoms with E-state index in [4.69, 9.17) is 32.7 Å². The first kappa shape index (κ1) is 22.6. The Labute approximate surface area is 192 Å². The lowest BCUT2D eigenvalue weighted by atomic mass is 9.78. The summed E-state index contributed by atoms with van der Waals surface area (Å²) in [6, 6.07) is 12.8. The summed E-state index contributed by atoms with van der Waals surface area (Å²) in [6.45, 7) is 1.10. The average molecular weight is 464 g/mol. The number of hydrogen-bond acceptors (Lipinski definition) is 4. The minimum atomic E-state index is -1.43.